The smallest absolute Gasteiger partial charge is 0.226 e. The SMILES string of the molecule is Cc1csc(NC(=O)CCC(=O)c2ccccc2C)n1. The highest BCUT2D eigenvalue weighted by Gasteiger charge is 2.12. The number of anilines is 1. The summed E-state index contributed by atoms with van der Waals surface area (Å²) in [5.74, 6) is -0.185. The van der Waals surface area contributed by atoms with Gasteiger partial charge in [0.1, 0.15) is 0 Å². The number of hydrogen-bond acceptors (Lipinski definition) is 4. The van der Waals surface area contributed by atoms with E-state index in [1.54, 1.807) is 6.07 Å². The van der Waals surface area contributed by atoms with Gasteiger partial charge in [0.2, 0.25) is 5.91 Å². The van der Waals surface area contributed by atoms with Gasteiger partial charge in [0.05, 0.1) is 5.69 Å². The lowest BCUT2D eigenvalue weighted by molar-refractivity contribution is -0.116. The molecule has 1 heterocycles. The second-order valence-electron chi connectivity index (χ2n) is 4.58. The molecular formula is C15H16N2O2S. The molecule has 2 aromatic rings. The fourth-order valence-corrected chi connectivity index (χ4v) is 2.54. The Morgan fingerprint density at radius 2 is 1.95 bits per heavy atom. The van der Waals surface area contributed by atoms with Gasteiger partial charge in [0.15, 0.2) is 10.9 Å². The quantitative estimate of drug-likeness (QED) is 0.858. The molecule has 5 heteroatoms. The van der Waals surface area contributed by atoms with Gasteiger partial charge in [0.25, 0.3) is 0 Å². The van der Waals surface area contributed by atoms with Crippen molar-refractivity contribution in [2.45, 2.75) is 26.7 Å². The molecule has 1 N–H and O–H groups in total. The van der Waals surface area contributed by atoms with E-state index in [0.717, 1.165) is 11.3 Å². The fourth-order valence-electron chi connectivity index (χ4n) is 1.84. The summed E-state index contributed by atoms with van der Waals surface area (Å²) in [5, 5.41) is 5.15. The number of Topliss-reactive ketones (excluding diaryl/α,β-unsaturated/α-hetero) is 1. The van der Waals surface area contributed by atoms with Crippen LogP contribution in [-0.2, 0) is 4.79 Å². The van der Waals surface area contributed by atoms with Crippen LogP contribution in [0.15, 0.2) is 29.6 Å². The number of thiazole rings is 1. The van der Waals surface area contributed by atoms with E-state index >= 15 is 0 Å². The van der Waals surface area contributed by atoms with Crippen LogP contribution in [0.4, 0.5) is 5.13 Å². The third kappa shape index (κ3) is 3.74. The molecule has 1 amide bonds. The summed E-state index contributed by atoms with van der Waals surface area (Å²) in [6.45, 7) is 3.76. The minimum atomic E-state index is -0.179. The molecule has 0 unspecified atom stereocenters. The first kappa shape index (κ1) is 14.4. The standard InChI is InChI=1S/C15H16N2O2S/c1-10-5-3-4-6-12(10)13(18)7-8-14(19)17-15-16-11(2)9-20-15/h3-6,9H,7-8H2,1-2H3,(H,16,17,19). The second kappa shape index (κ2) is 6.43. The monoisotopic (exact) mass is 288 g/mol. The van der Waals surface area contributed by atoms with Gasteiger partial charge < -0.3 is 5.32 Å². The molecule has 0 saturated heterocycles. The van der Waals surface area contributed by atoms with Crippen molar-refractivity contribution >= 4 is 28.2 Å². The van der Waals surface area contributed by atoms with Crippen molar-refractivity contribution < 1.29 is 9.59 Å². The Bertz CT molecular complexity index is 634. The van der Waals surface area contributed by atoms with Gasteiger partial charge in [-0.05, 0) is 19.4 Å². The molecule has 0 fully saturated rings. The Kier molecular flexibility index (Phi) is 4.63. The average molecular weight is 288 g/mol. The van der Waals surface area contributed by atoms with Crippen LogP contribution in [0.5, 0.6) is 0 Å². The topological polar surface area (TPSA) is 59.1 Å². The molecular weight excluding hydrogens is 272 g/mol. The van der Waals surface area contributed by atoms with E-state index in [1.165, 1.54) is 11.3 Å². The molecule has 2 rings (SSSR count). The summed E-state index contributed by atoms with van der Waals surface area (Å²) >= 11 is 1.38. The number of carbonyl (C=O) groups excluding carboxylic acids is 2. The molecule has 0 spiro atoms. The third-order valence-corrected chi connectivity index (χ3v) is 3.77. The van der Waals surface area contributed by atoms with E-state index in [9.17, 15) is 9.59 Å². The van der Waals surface area contributed by atoms with E-state index in [4.69, 9.17) is 0 Å². The van der Waals surface area contributed by atoms with Gasteiger partial charge in [-0.15, -0.1) is 11.3 Å². The van der Waals surface area contributed by atoms with Gasteiger partial charge in [-0.25, -0.2) is 4.98 Å². The van der Waals surface area contributed by atoms with E-state index in [1.807, 2.05) is 37.4 Å². The van der Waals surface area contributed by atoms with E-state index in [0.29, 0.717) is 10.7 Å². The van der Waals surface area contributed by atoms with Crippen LogP contribution in [0.25, 0.3) is 0 Å². The summed E-state index contributed by atoms with van der Waals surface area (Å²) in [7, 11) is 0. The lowest BCUT2D eigenvalue weighted by atomic mass is 10.0. The number of nitrogens with one attached hydrogen (secondary N) is 1. The van der Waals surface area contributed by atoms with E-state index < -0.39 is 0 Å². The van der Waals surface area contributed by atoms with Crippen LogP contribution in [0, 0.1) is 13.8 Å². The minimum absolute atomic E-state index is 0.00595. The predicted molar refractivity (Wildman–Crippen MR) is 80.2 cm³/mol. The summed E-state index contributed by atoms with van der Waals surface area (Å²) in [6, 6.07) is 7.41. The van der Waals surface area contributed by atoms with Crippen LogP contribution in [-0.4, -0.2) is 16.7 Å². The van der Waals surface area contributed by atoms with E-state index in [2.05, 4.69) is 10.3 Å². The predicted octanol–water partition coefficient (Wildman–Crippen LogP) is 3.36. The Morgan fingerprint density at radius 1 is 1.20 bits per heavy atom. The Balaban J connectivity index is 1.87. The molecule has 0 atom stereocenters. The molecule has 0 bridgehead atoms. The lowest BCUT2D eigenvalue weighted by Gasteiger charge is -2.04. The number of ketones is 1. The highest BCUT2D eigenvalue weighted by atomic mass is 32.1. The van der Waals surface area contributed by atoms with Crippen LogP contribution in [0.3, 0.4) is 0 Å². The molecule has 1 aromatic heterocycles. The maximum absolute atomic E-state index is 12.0. The first-order valence-corrected chi connectivity index (χ1v) is 7.25. The van der Waals surface area contributed by atoms with Crippen molar-refractivity contribution in [2.24, 2.45) is 0 Å². The Morgan fingerprint density at radius 3 is 2.60 bits per heavy atom. The number of aryl methyl sites for hydroxylation is 2. The molecule has 104 valence electrons. The number of hydrogen-bond donors (Lipinski definition) is 1. The first-order valence-electron chi connectivity index (χ1n) is 6.37. The van der Waals surface area contributed by atoms with Crippen LogP contribution < -0.4 is 5.32 Å². The molecule has 1 aromatic carbocycles. The minimum Gasteiger partial charge on any atom is -0.302 e. The van der Waals surface area contributed by atoms with Crippen molar-refractivity contribution in [1.29, 1.82) is 0 Å². The molecule has 0 radical (unpaired) electrons. The molecule has 20 heavy (non-hydrogen) atoms. The number of carbonyl (C=O) groups is 2. The van der Waals surface area contributed by atoms with Crippen molar-refractivity contribution in [3.8, 4) is 0 Å². The van der Waals surface area contributed by atoms with Crippen molar-refractivity contribution in [2.75, 3.05) is 5.32 Å². The van der Waals surface area contributed by atoms with Crippen molar-refractivity contribution in [3.05, 3.63) is 46.5 Å². The fraction of sp³-hybridized carbons (Fsp3) is 0.267. The van der Waals surface area contributed by atoms with Crippen LogP contribution in [0.1, 0.15) is 34.5 Å². The first-order chi connectivity index (χ1) is 9.56. The maximum Gasteiger partial charge on any atom is 0.226 e. The largest absolute Gasteiger partial charge is 0.302 e. The average Bonchev–Trinajstić information content (AvgIpc) is 2.82. The number of nitrogens with zero attached hydrogens (tertiary/aromatic N) is 1. The van der Waals surface area contributed by atoms with Crippen LogP contribution >= 0.6 is 11.3 Å². The zero-order valence-electron chi connectivity index (χ0n) is 11.5. The molecule has 0 saturated carbocycles. The molecule has 0 aliphatic heterocycles. The molecule has 4 nitrogen and oxygen atoms in total. The summed E-state index contributed by atoms with van der Waals surface area (Å²) < 4.78 is 0. The summed E-state index contributed by atoms with van der Waals surface area (Å²) in [6.07, 6.45) is 0.382. The normalized spacial score (nSPS) is 10.3. The number of benzene rings is 1. The highest BCUT2D eigenvalue weighted by Crippen LogP contribution is 2.15. The van der Waals surface area contributed by atoms with E-state index in [-0.39, 0.29) is 24.5 Å². The van der Waals surface area contributed by atoms with Crippen molar-refractivity contribution in [3.63, 3.8) is 0 Å². The Hall–Kier alpha value is -2.01. The molecule has 0 aliphatic rings. The number of aromatic nitrogens is 1. The summed E-state index contributed by atoms with van der Waals surface area (Å²) in [5.41, 5.74) is 2.50. The zero-order valence-corrected chi connectivity index (χ0v) is 12.3. The van der Waals surface area contributed by atoms with Crippen LogP contribution in [0.2, 0.25) is 0 Å². The molecule has 0 aliphatic carbocycles. The van der Waals surface area contributed by atoms with Gasteiger partial charge in [-0.3, -0.25) is 9.59 Å². The maximum atomic E-state index is 12.0. The van der Waals surface area contributed by atoms with Gasteiger partial charge >= 0.3 is 0 Å². The zero-order chi connectivity index (χ0) is 14.5. The Labute approximate surface area is 121 Å². The van der Waals surface area contributed by atoms with Crippen molar-refractivity contribution in [1.82, 2.24) is 4.98 Å². The second-order valence-corrected chi connectivity index (χ2v) is 5.44. The number of rotatable bonds is 5. The van der Waals surface area contributed by atoms with Gasteiger partial charge in [-0.1, -0.05) is 24.3 Å². The number of amides is 1. The highest BCUT2D eigenvalue weighted by molar-refractivity contribution is 7.13. The van der Waals surface area contributed by atoms with Gasteiger partial charge in [0, 0.05) is 23.8 Å². The lowest BCUT2D eigenvalue weighted by Crippen LogP contribution is -2.13. The summed E-state index contributed by atoms with van der Waals surface area (Å²) in [4.78, 5) is 27.9. The third-order valence-electron chi connectivity index (χ3n) is 2.89. The van der Waals surface area contributed by atoms with Gasteiger partial charge in [-0.2, -0.15) is 0 Å².